The van der Waals surface area contributed by atoms with Gasteiger partial charge >= 0.3 is 7.12 Å². The fourth-order valence-electron chi connectivity index (χ4n) is 2.79. The van der Waals surface area contributed by atoms with Gasteiger partial charge in [0.25, 0.3) is 0 Å². The zero-order valence-electron chi connectivity index (χ0n) is 16.4. The van der Waals surface area contributed by atoms with Crippen molar-refractivity contribution in [1.29, 1.82) is 0 Å². The Kier molecular flexibility index (Phi) is 4.68. The first-order chi connectivity index (χ1) is 12.0. The fraction of sp³-hybridized carbons (Fsp3) is 0.429. The standard InChI is InChI=1S/C21H27BO4/c1-19(2,23)15-12-13-18(24-16-10-8-7-9-11-16)17(14-15)22-25-20(3,4)21(5,6)26-22/h7-14,23H,1-6H3. The van der Waals surface area contributed by atoms with Crippen molar-refractivity contribution in [3.63, 3.8) is 0 Å². The number of ether oxygens (including phenoxy) is 1. The second kappa shape index (κ2) is 6.41. The molecule has 26 heavy (non-hydrogen) atoms. The second-order valence-electron chi connectivity index (χ2n) is 8.31. The molecule has 1 saturated heterocycles. The number of benzene rings is 2. The van der Waals surface area contributed by atoms with Gasteiger partial charge in [-0.3, -0.25) is 0 Å². The van der Waals surface area contributed by atoms with E-state index in [4.69, 9.17) is 14.0 Å². The van der Waals surface area contributed by atoms with Crippen LogP contribution in [0.3, 0.4) is 0 Å². The highest BCUT2D eigenvalue weighted by Gasteiger charge is 2.52. The summed E-state index contributed by atoms with van der Waals surface area (Å²) >= 11 is 0. The molecule has 2 aromatic rings. The van der Waals surface area contributed by atoms with Crippen molar-refractivity contribution >= 4 is 12.6 Å². The molecule has 1 aliphatic rings. The highest BCUT2D eigenvalue weighted by molar-refractivity contribution is 6.63. The SMILES string of the molecule is CC(C)(O)c1ccc(Oc2ccccc2)c(B2OC(C)(C)C(C)(C)O2)c1. The molecule has 1 N–H and O–H groups in total. The molecule has 4 nitrogen and oxygen atoms in total. The van der Waals surface area contributed by atoms with E-state index >= 15 is 0 Å². The van der Waals surface area contributed by atoms with Crippen LogP contribution in [0.4, 0.5) is 0 Å². The first kappa shape index (κ1) is 19.0. The van der Waals surface area contributed by atoms with E-state index in [9.17, 15) is 5.11 Å². The maximum Gasteiger partial charge on any atom is 0.498 e. The van der Waals surface area contributed by atoms with Crippen molar-refractivity contribution in [3.05, 3.63) is 54.1 Å². The highest BCUT2D eigenvalue weighted by Crippen LogP contribution is 2.38. The Hall–Kier alpha value is -1.82. The number of aliphatic hydroxyl groups is 1. The van der Waals surface area contributed by atoms with Crippen LogP contribution in [0.5, 0.6) is 11.5 Å². The van der Waals surface area contributed by atoms with E-state index in [-0.39, 0.29) is 0 Å². The molecule has 0 amide bonds. The third-order valence-corrected chi connectivity index (χ3v) is 5.19. The monoisotopic (exact) mass is 354 g/mol. The van der Waals surface area contributed by atoms with E-state index < -0.39 is 23.9 Å². The number of hydrogen-bond acceptors (Lipinski definition) is 4. The Bertz CT molecular complexity index is 762. The minimum absolute atomic E-state index is 0.452. The minimum atomic E-state index is -0.969. The van der Waals surface area contributed by atoms with Gasteiger partial charge in [-0.2, -0.15) is 0 Å². The van der Waals surface area contributed by atoms with E-state index in [0.717, 1.165) is 16.8 Å². The van der Waals surface area contributed by atoms with E-state index in [0.29, 0.717) is 5.75 Å². The van der Waals surface area contributed by atoms with Gasteiger partial charge in [0.2, 0.25) is 0 Å². The Morgan fingerprint density at radius 2 is 1.50 bits per heavy atom. The van der Waals surface area contributed by atoms with E-state index in [2.05, 4.69) is 0 Å². The Labute approximate surface area is 156 Å². The van der Waals surface area contributed by atoms with Gasteiger partial charge in [0.1, 0.15) is 11.5 Å². The molecule has 0 saturated carbocycles. The summed E-state index contributed by atoms with van der Waals surface area (Å²) < 4.78 is 18.5. The van der Waals surface area contributed by atoms with Crippen molar-refractivity contribution in [2.45, 2.75) is 58.3 Å². The topological polar surface area (TPSA) is 47.9 Å². The van der Waals surface area contributed by atoms with Gasteiger partial charge in [-0.25, -0.2) is 0 Å². The first-order valence-corrected chi connectivity index (χ1v) is 8.95. The maximum absolute atomic E-state index is 10.4. The molecule has 0 bridgehead atoms. The van der Waals surface area contributed by atoms with Crippen molar-refractivity contribution in [3.8, 4) is 11.5 Å². The van der Waals surface area contributed by atoms with Crippen molar-refractivity contribution in [1.82, 2.24) is 0 Å². The van der Waals surface area contributed by atoms with Gasteiger partial charge in [-0.15, -0.1) is 0 Å². The molecule has 3 rings (SSSR count). The summed E-state index contributed by atoms with van der Waals surface area (Å²) in [5.41, 5.74) is -0.322. The third-order valence-electron chi connectivity index (χ3n) is 5.19. The lowest BCUT2D eigenvalue weighted by atomic mass is 9.76. The summed E-state index contributed by atoms with van der Waals surface area (Å²) in [6, 6.07) is 15.2. The van der Waals surface area contributed by atoms with Crippen LogP contribution >= 0.6 is 0 Å². The van der Waals surface area contributed by atoms with Crippen LogP contribution in [0.2, 0.25) is 0 Å². The van der Waals surface area contributed by atoms with Crippen LogP contribution in [0.15, 0.2) is 48.5 Å². The molecular formula is C21H27BO4. The third kappa shape index (κ3) is 3.66. The summed E-state index contributed by atoms with van der Waals surface area (Å²) in [6.45, 7) is 11.6. The molecule has 1 heterocycles. The van der Waals surface area contributed by atoms with Gasteiger partial charge < -0.3 is 19.2 Å². The number of hydrogen-bond donors (Lipinski definition) is 1. The van der Waals surface area contributed by atoms with E-state index in [1.165, 1.54) is 0 Å². The lowest BCUT2D eigenvalue weighted by Crippen LogP contribution is -2.41. The van der Waals surface area contributed by atoms with E-state index in [1.54, 1.807) is 13.8 Å². The van der Waals surface area contributed by atoms with Crippen LogP contribution in [0.25, 0.3) is 0 Å². The minimum Gasteiger partial charge on any atom is -0.458 e. The van der Waals surface area contributed by atoms with Crippen molar-refractivity contribution < 1.29 is 19.2 Å². The molecule has 1 aliphatic heterocycles. The molecule has 5 heteroatoms. The molecule has 0 aromatic heterocycles. The highest BCUT2D eigenvalue weighted by atomic mass is 16.7. The predicted octanol–water partition coefficient (Wildman–Crippen LogP) is 4.01. The molecule has 138 valence electrons. The molecule has 1 fully saturated rings. The largest absolute Gasteiger partial charge is 0.498 e. The Balaban J connectivity index is 2.03. The summed E-state index contributed by atoms with van der Waals surface area (Å²) in [5, 5.41) is 10.4. The lowest BCUT2D eigenvalue weighted by molar-refractivity contribution is 0.00578. The zero-order chi connectivity index (χ0) is 19.2. The smallest absolute Gasteiger partial charge is 0.458 e. The van der Waals surface area contributed by atoms with Crippen LogP contribution in [0, 0.1) is 0 Å². The summed E-state index contributed by atoms with van der Waals surface area (Å²) in [6.07, 6.45) is 0. The maximum atomic E-state index is 10.4. The molecule has 0 atom stereocenters. The second-order valence-corrected chi connectivity index (χ2v) is 8.31. The van der Waals surface area contributed by atoms with Crippen LogP contribution < -0.4 is 10.2 Å². The summed E-state index contributed by atoms with van der Waals surface area (Å²) in [7, 11) is -0.569. The summed E-state index contributed by atoms with van der Waals surface area (Å²) in [4.78, 5) is 0. The Morgan fingerprint density at radius 1 is 0.923 bits per heavy atom. The van der Waals surface area contributed by atoms with Gasteiger partial charge in [-0.05, 0) is 65.3 Å². The van der Waals surface area contributed by atoms with Gasteiger partial charge in [0, 0.05) is 5.46 Å². The van der Waals surface area contributed by atoms with Crippen LogP contribution in [-0.4, -0.2) is 23.4 Å². The van der Waals surface area contributed by atoms with Crippen molar-refractivity contribution in [2.75, 3.05) is 0 Å². The lowest BCUT2D eigenvalue weighted by Gasteiger charge is -2.32. The van der Waals surface area contributed by atoms with Crippen LogP contribution in [-0.2, 0) is 14.9 Å². The average Bonchev–Trinajstić information content (AvgIpc) is 2.75. The molecule has 0 aliphatic carbocycles. The Morgan fingerprint density at radius 3 is 2.04 bits per heavy atom. The predicted molar refractivity (Wildman–Crippen MR) is 104 cm³/mol. The molecule has 0 spiro atoms. The van der Waals surface area contributed by atoms with Gasteiger partial charge in [-0.1, -0.05) is 30.3 Å². The quantitative estimate of drug-likeness (QED) is 0.843. The van der Waals surface area contributed by atoms with Gasteiger partial charge in [0.15, 0.2) is 0 Å². The zero-order valence-corrected chi connectivity index (χ0v) is 16.4. The van der Waals surface area contributed by atoms with E-state index in [1.807, 2.05) is 76.2 Å². The average molecular weight is 354 g/mol. The fourth-order valence-corrected chi connectivity index (χ4v) is 2.79. The molecule has 0 unspecified atom stereocenters. The number of para-hydroxylation sites is 1. The first-order valence-electron chi connectivity index (χ1n) is 8.95. The summed E-state index contributed by atoms with van der Waals surface area (Å²) in [5.74, 6) is 1.39. The number of rotatable bonds is 4. The van der Waals surface area contributed by atoms with Crippen molar-refractivity contribution in [2.24, 2.45) is 0 Å². The van der Waals surface area contributed by atoms with Crippen LogP contribution in [0.1, 0.15) is 47.1 Å². The molecule has 2 aromatic carbocycles. The normalized spacial score (nSPS) is 18.8. The van der Waals surface area contributed by atoms with Gasteiger partial charge in [0.05, 0.1) is 16.8 Å². The molecule has 0 radical (unpaired) electrons. The molecular weight excluding hydrogens is 327 g/mol.